The Morgan fingerprint density at radius 3 is 2.67 bits per heavy atom. The van der Waals surface area contributed by atoms with Gasteiger partial charge in [0.25, 0.3) is 0 Å². The molecule has 0 unspecified atom stereocenters. The molecule has 0 fully saturated rings. The Balaban J connectivity index is 1.68. The second kappa shape index (κ2) is 7.39. The SMILES string of the molecule is CCOc1ccc(-c2c(C)sc3nc(-c4ccc5c(c4)OCO5)c(CC#N)n23)cc1. The summed E-state index contributed by atoms with van der Waals surface area (Å²) in [7, 11) is 0. The van der Waals surface area contributed by atoms with Crippen LogP contribution in [0.5, 0.6) is 17.2 Å². The Hall–Kier alpha value is -3.50. The second-order valence-corrected chi connectivity index (χ2v) is 8.07. The van der Waals surface area contributed by atoms with Crippen LogP contribution in [-0.4, -0.2) is 22.8 Å². The molecule has 0 bridgehead atoms. The number of nitrogens with zero attached hydrogens (tertiary/aromatic N) is 3. The molecule has 0 spiro atoms. The molecule has 7 heteroatoms. The van der Waals surface area contributed by atoms with Crippen LogP contribution in [0.3, 0.4) is 0 Å². The van der Waals surface area contributed by atoms with Gasteiger partial charge in [-0.05, 0) is 61.9 Å². The summed E-state index contributed by atoms with van der Waals surface area (Å²) >= 11 is 1.62. The molecule has 0 saturated carbocycles. The summed E-state index contributed by atoms with van der Waals surface area (Å²) in [6.07, 6.45) is 0.255. The van der Waals surface area contributed by atoms with Gasteiger partial charge in [-0.25, -0.2) is 4.98 Å². The molecule has 0 aliphatic carbocycles. The monoisotopic (exact) mass is 417 g/mol. The first kappa shape index (κ1) is 18.5. The fraction of sp³-hybridized carbons (Fsp3) is 0.217. The van der Waals surface area contributed by atoms with Crippen LogP contribution < -0.4 is 14.2 Å². The van der Waals surface area contributed by atoms with E-state index in [1.807, 2.05) is 37.3 Å². The van der Waals surface area contributed by atoms with Crippen LogP contribution in [0, 0.1) is 18.3 Å². The highest BCUT2D eigenvalue weighted by Crippen LogP contribution is 2.40. The van der Waals surface area contributed by atoms with Crippen LogP contribution in [0.15, 0.2) is 42.5 Å². The van der Waals surface area contributed by atoms with Gasteiger partial charge in [-0.15, -0.1) is 11.3 Å². The molecule has 150 valence electrons. The minimum Gasteiger partial charge on any atom is -0.494 e. The highest BCUT2D eigenvalue weighted by molar-refractivity contribution is 7.17. The molecule has 5 rings (SSSR count). The summed E-state index contributed by atoms with van der Waals surface area (Å²) in [5, 5.41) is 9.54. The molecule has 1 aliphatic heterocycles. The number of aromatic nitrogens is 2. The first-order valence-corrected chi connectivity index (χ1v) is 10.5. The predicted molar refractivity (Wildman–Crippen MR) is 115 cm³/mol. The molecule has 6 nitrogen and oxygen atoms in total. The lowest BCUT2D eigenvalue weighted by Crippen LogP contribution is -1.97. The third-order valence-electron chi connectivity index (χ3n) is 5.07. The molecular formula is C23H19N3O3S. The van der Waals surface area contributed by atoms with Crippen molar-refractivity contribution in [1.29, 1.82) is 5.26 Å². The standard InChI is InChI=1S/C23H19N3O3S/c1-3-27-17-7-4-15(5-8-17)22-14(2)30-23-25-21(18(10-11-24)26(22)23)16-6-9-19-20(12-16)29-13-28-19/h4-9,12H,3,10,13H2,1-2H3. The largest absolute Gasteiger partial charge is 0.494 e. The van der Waals surface area contributed by atoms with Crippen LogP contribution in [0.1, 0.15) is 17.5 Å². The molecule has 1 aliphatic rings. The zero-order valence-electron chi connectivity index (χ0n) is 16.6. The van der Waals surface area contributed by atoms with Crippen LogP contribution >= 0.6 is 11.3 Å². The number of thiazole rings is 1. The van der Waals surface area contributed by atoms with Gasteiger partial charge in [-0.1, -0.05) is 0 Å². The molecule has 0 N–H and O–H groups in total. The van der Waals surface area contributed by atoms with E-state index in [9.17, 15) is 5.26 Å². The van der Waals surface area contributed by atoms with Crippen LogP contribution in [-0.2, 0) is 6.42 Å². The van der Waals surface area contributed by atoms with E-state index in [4.69, 9.17) is 19.2 Å². The van der Waals surface area contributed by atoms with Gasteiger partial charge >= 0.3 is 0 Å². The number of benzene rings is 2. The van der Waals surface area contributed by atoms with Crippen molar-refractivity contribution in [3.8, 4) is 45.8 Å². The minimum atomic E-state index is 0.225. The fourth-order valence-corrected chi connectivity index (χ4v) is 4.80. The predicted octanol–water partition coefficient (Wildman–Crippen LogP) is 5.23. The third-order valence-corrected chi connectivity index (χ3v) is 6.03. The maximum atomic E-state index is 9.54. The number of nitriles is 1. The van der Waals surface area contributed by atoms with Crippen molar-refractivity contribution < 1.29 is 14.2 Å². The Labute approximate surface area is 177 Å². The molecule has 30 heavy (non-hydrogen) atoms. The summed E-state index contributed by atoms with van der Waals surface area (Å²) in [5.74, 6) is 2.27. The molecule has 0 saturated heterocycles. The normalized spacial score (nSPS) is 12.3. The van der Waals surface area contributed by atoms with E-state index >= 15 is 0 Å². The van der Waals surface area contributed by atoms with Crippen molar-refractivity contribution in [1.82, 2.24) is 9.38 Å². The smallest absolute Gasteiger partial charge is 0.231 e. The summed E-state index contributed by atoms with van der Waals surface area (Å²) < 4.78 is 18.6. The number of hydrogen-bond donors (Lipinski definition) is 0. The minimum absolute atomic E-state index is 0.225. The molecule has 4 aromatic rings. The maximum Gasteiger partial charge on any atom is 0.231 e. The van der Waals surface area contributed by atoms with Gasteiger partial charge in [-0.2, -0.15) is 5.26 Å². The quantitative estimate of drug-likeness (QED) is 0.445. The van der Waals surface area contributed by atoms with E-state index in [0.29, 0.717) is 12.4 Å². The van der Waals surface area contributed by atoms with E-state index in [2.05, 4.69) is 29.5 Å². The average molecular weight is 417 g/mol. The fourth-order valence-electron chi connectivity index (χ4n) is 3.79. The summed E-state index contributed by atoms with van der Waals surface area (Å²) in [6, 6.07) is 16.1. The van der Waals surface area contributed by atoms with Gasteiger partial charge in [-0.3, -0.25) is 4.40 Å². The summed E-state index contributed by atoms with van der Waals surface area (Å²) in [6.45, 7) is 4.91. The zero-order valence-corrected chi connectivity index (χ0v) is 17.5. The van der Waals surface area contributed by atoms with Gasteiger partial charge in [0.15, 0.2) is 16.5 Å². The highest BCUT2D eigenvalue weighted by atomic mass is 32.1. The molecule has 2 aromatic heterocycles. The summed E-state index contributed by atoms with van der Waals surface area (Å²) in [5.41, 5.74) is 4.71. The molecule has 3 heterocycles. The van der Waals surface area contributed by atoms with Gasteiger partial charge < -0.3 is 14.2 Å². The highest BCUT2D eigenvalue weighted by Gasteiger charge is 2.23. The number of ether oxygens (including phenoxy) is 3. The molecule has 0 amide bonds. The molecule has 0 radical (unpaired) electrons. The van der Waals surface area contributed by atoms with Crippen LogP contribution in [0.2, 0.25) is 0 Å². The maximum absolute atomic E-state index is 9.54. The molecule has 2 aromatic carbocycles. The number of hydrogen-bond acceptors (Lipinski definition) is 6. The van der Waals surface area contributed by atoms with Crippen molar-refractivity contribution in [2.45, 2.75) is 20.3 Å². The molecule has 0 atom stereocenters. The Bertz CT molecular complexity index is 1280. The number of imidazole rings is 1. The summed E-state index contributed by atoms with van der Waals surface area (Å²) in [4.78, 5) is 6.91. The number of rotatable bonds is 5. The van der Waals surface area contributed by atoms with E-state index in [-0.39, 0.29) is 13.2 Å². The van der Waals surface area contributed by atoms with Crippen molar-refractivity contribution in [2.75, 3.05) is 13.4 Å². The van der Waals surface area contributed by atoms with Crippen molar-refractivity contribution in [2.24, 2.45) is 0 Å². The van der Waals surface area contributed by atoms with Gasteiger partial charge in [0.05, 0.1) is 36.2 Å². The lowest BCUT2D eigenvalue weighted by molar-refractivity contribution is 0.174. The third kappa shape index (κ3) is 2.97. The Morgan fingerprint density at radius 1 is 1.13 bits per heavy atom. The van der Waals surface area contributed by atoms with E-state index in [0.717, 1.165) is 49.5 Å². The van der Waals surface area contributed by atoms with E-state index < -0.39 is 0 Å². The first-order valence-electron chi connectivity index (χ1n) is 9.70. The zero-order chi connectivity index (χ0) is 20.7. The number of fused-ring (bicyclic) bond motifs is 2. The van der Waals surface area contributed by atoms with E-state index in [1.54, 1.807) is 11.3 Å². The topological polar surface area (TPSA) is 68.8 Å². The second-order valence-electron chi connectivity index (χ2n) is 6.89. The Kier molecular flexibility index (Phi) is 4.57. The van der Waals surface area contributed by atoms with Gasteiger partial charge in [0, 0.05) is 10.4 Å². The van der Waals surface area contributed by atoms with Gasteiger partial charge in [0.1, 0.15) is 5.75 Å². The van der Waals surface area contributed by atoms with Crippen molar-refractivity contribution in [3.05, 3.63) is 53.0 Å². The van der Waals surface area contributed by atoms with Gasteiger partial charge in [0.2, 0.25) is 6.79 Å². The first-order chi connectivity index (χ1) is 14.7. The lowest BCUT2D eigenvalue weighted by Gasteiger charge is -2.08. The Morgan fingerprint density at radius 2 is 1.90 bits per heavy atom. The van der Waals surface area contributed by atoms with Crippen molar-refractivity contribution >= 4 is 16.3 Å². The molecular weight excluding hydrogens is 398 g/mol. The average Bonchev–Trinajstić information content (AvgIpc) is 3.43. The lowest BCUT2D eigenvalue weighted by atomic mass is 10.1. The van der Waals surface area contributed by atoms with Crippen LogP contribution in [0.4, 0.5) is 0 Å². The van der Waals surface area contributed by atoms with E-state index in [1.165, 1.54) is 0 Å². The van der Waals surface area contributed by atoms with Crippen molar-refractivity contribution in [3.63, 3.8) is 0 Å². The number of aryl methyl sites for hydroxylation is 1. The van der Waals surface area contributed by atoms with Crippen LogP contribution in [0.25, 0.3) is 27.5 Å².